The smallest absolute Gasteiger partial charge is 0.238 e. The third kappa shape index (κ3) is 11.0. The summed E-state index contributed by atoms with van der Waals surface area (Å²) in [7, 11) is 1.94. The molecule has 0 fully saturated rings. The first kappa shape index (κ1) is 33.3. The van der Waals surface area contributed by atoms with Gasteiger partial charge in [-0.2, -0.15) is 5.56 Å². The predicted molar refractivity (Wildman–Crippen MR) is 116 cm³/mol. The van der Waals surface area contributed by atoms with Crippen molar-refractivity contribution in [2.45, 2.75) is 54.9 Å². The van der Waals surface area contributed by atoms with E-state index in [1.165, 1.54) is 0 Å². The first-order chi connectivity index (χ1) is 13.1. The molecule has 2 aromatic rings. The second-order valence-electron chi connectivity index (χ2n) is 5.58. The van der Waals surface area contributed by atoms with Crippen molar-refractivity contribution in [3.63, 3.8) is 0 Å². The van der Waals surface area contributed by atoms with Gasteiger partial charge in [-0.3, -0.25) is 27.5 Å². The molecule has 0 saturated heterocycles. The summed E-state index contributed by atoms with van der Waals surface area (Å²) in [5.74, 6) is 0.0985. The number of carbonyl (C=O) groups is 1. The largest absolute Gasteiger partial charge is 0.286 e. The van der Waals surface area contributed by atoms with E-state index in [0.717, 1.165) is 28.8 Å². The first-order valence-corrected chi connectivity index (χ1v) is 10.1. The summed E-state index contributed by atoms with van der Waals surface area (Å²) in [6.07, 6.45) is 0.360. The average Bonchev–Trinajstić information content (AvgIpc) is 2.73. The Hall–Kier alpha value is -0.338. The zero-order valence-electron chi connectivity index (χ0n) is 19.4. The van der Waals surface area contributed by atoms with Crippen LogP contribution in [0.25, 0.3) is 11.1 Å². The quantitative estimate of drug-likeness (QED) is 0.305. The van der Waals surface area contributed by atoms with Crippen molar-refractivity contribution < 1.29 is 58.6 Å². The van der Waals surface area contributed by atoms with Crippen LogP contribution in [0.4, 0.5) is 0 Å². The SMILES string of the molecule is CC.CC.CCN(C)N(CC)C(=O)Cc1[c-]c(-c2ccccc2)[c-]cc1C.[W].[Y]. The molecule has 0 aliphatic carbocycles. The van der Waals surface area contributed by atoms with Crippen LogP contribution in [0, 0.1) is 19.1 Å². The number of hydrogen-bond donors (Lipinski definition) is 0. The molecule has 0 aliphatic heterocycles. The van der Waals surface area contributed by atoms with Crippen molar-refractivity contribution in [2.24, 2.45) is 0 Å². The average molecular weight is 641 g/mol. The molecule has 0 atom stereocenters. The van der Waals surface area contributed by atoms with Gasteiger partial charge < -0.3 is 0 Å². The van der Waals surface area contributed by atoms with E-state index in [1.54, 1.807) is 5.01 Å². The maximum absolute atomic E-state index is 12.6. The molecule has 2 aromatic carbocycles. The summed E-state index contributed by atoms with van der Waals surface area (Å²) >= 11 is 0. The van der Waals surface area contributed by atoms with Crippen molar-refractivity contribution in [1.29, 1.82) is 0 Å². The van der Waals surface area contributed by atoms with Gasteiger partial charge in [-0.05, 0) is 6.92 Å². The molecule has 1 amide bonds. The summed E-state index contributed by atoms with van der Waals surface area (Å²) in [5.41, 5.74) is 3.97. The standard InChI is InChI=1S/C20H24N2O.2C2H6.W.Y/c1-5-21(4)22(6-2)20(23)15-19-14-18(13-12-16(19)3)17-10-8-7-9-11-17;2*1-2;;/h7-12H,5-6,15H2,1-4H3;2*1-2H3;;/q-2;;;;. The minimum atomic E-state index is 0. The minimum absolute atomic E-state index is 0. The summed E-state index contributed by atoms with van der Waals surface area (Å²) in [4.78, 5) is 12.6. The number of aryl methyl sites for hydroxylation is 1. The molecular weight excluding hydrogens is 605 g/mol. The molecule has 0 spiro atoms. The monoisotopic (exact) mass is 641 g/mol. The van der Waals surface area contributed by atoms with Crippen molar-refractivity contribution in [3.05, 3.63) is 59.7 Å². The van der Waals surface area contributed by atoms with Crippen LogP contribution in [0.15, 0.2) is 36.4 Å². The molecule has 1 radical (unpaired) electrons. The number of carbonyl (C=O) groups excluding carboxylic acids is 1. The van der Waals surface area contributed by atoms with Crippen molar-refractivity contribution in [3.8, 4) is 11.1 Å². The molecule has 0 saturated carbocycles. The predicted octanol–water partition coefficient (Wildman–Crippen LogP) is 5.57. The molecule has 29 heavy (non-hydrogen) atoms. The van der Waals surface area contributed by atoms with Crippen molar-refractivity contribution in [2.75, 3.05) is 20.1 Å². The molecule has 2 rings (SSSR count). The Bertz CT molecular complexity index is 665. The summed E-state index contributed by atoms with van der Waals surface area (Å²) in [5, 5.41) is 3.73. The van der Waals surface area contributed by atoms with Gasteiger partial charge in [0, 0.05) is 80.3 Å². The number of benzene rings is 2. The topological polar surface area (TPSA) is 23.6 Å². The van der Waals surface area contributed by atoms with E-state index >= 15 is 0 Å². The van der Waals surface area contributed by atoms with Gasteiger partial charge in [0.2, 0.25) is 5.91 Å². The molecular formula is C24H36N2OWY-2. The normalized spacial score (nSPS) is 9.00. The molecule has 0 unspecified atom stereocenters. The third-order valence-corrected chi connectivity index (χ3v) is 4.03. The van der Waals surface area contributed by atoms with Gasteiger partial charge in [-0.1, -0.05) is 52.8 Å². The number of hydrazine groups is 1. The van der Waals surface area contributed by atoms with Crippen molar-refractivity contribution in [1.82, 2.24) is 10.0 Å². The molecule has 0 aliphatic rings. The van der Waals surface area contributed by atoms with Crippen LogP contribution >= 0.6 is 0 Å². The van der Waals surface area contributed by atoms with Crippen LogP contribution in [0.3, 0.4) is 0 Å². The fourth-order valence-electron chi connectivity index (χ4n) is 2.52. The van der Waals surface area contributed by atoms with E-state index in [2.05, 4.69) is 12.1 Å². The third-order valence-electron chi connectivity index (χ3n) is 4.03. The number of nitrogens with zero attached hydrogens (tertiary/aromatic N) is 2. The Morgan fingerprint density at radius 2 is 1.55 bits per heavy atom. The molecule has 159 valence electrons. The molecule has 5 heteroatoms. The van der Waals surface area contributed by atoms with E-state index in [0.29, 0.717) is 13.0 Å². The molecule has 0 heterocycles. The maximum Gasteiger partial charge on any atom is 0.238 e. The summed E-state index contributed by atoms with van der Waals surface area (Å²) in [6.45, 7) is 15.5. The van der Waals surface area contributed by atoms with Gasteiger partial charge in [0.05, 0.1) is 0 Å². The summed E-state index contributed by atoms with van der Waals surface area (Å²) < 4.78 is 0. The zero-order chi connectivity index (χ0) is 20.8. The molecule has 0 N–H and O–H groups in total. The van der Waals surface area contributed by atoms with E-state index in [9.17, 15) is 4.79 Å². The van der Waals surface area contributed by atoms with Gasteiger partial charge in [0.1, 0.15) is 0 Å². The van der Waals surface area contributed by atoms with Gasteiger partial charge in [-0.15, -0.1) is 19.1 Å². The van der Waals surface area contributed by atoms with Crippen LogP contribution in [-0.4, -0.2) is 36.1 Å². The Morgan fingerprint density at radius 1 is 1.00 bits per heavy atom. The Morgan fingerprint density at radius 3 is 2.03 bits per heavy atom. The fraction of sp³-hybridized carbons (Fsp3) is 0.458. The van der Waals surface area contributed by atoms with Gasteiger partial charge in [-0.25, -0.2) is 22.2 Å². The zero-order valence-corrected chi connectivity index (χ0v) is 25.1. The fourth-order valence-corrected chi connectivity index (χ4v) is 2.52. The van der Waals surface area contributed by atoms with Crippen LogP contribution in [0.5, 0.6) is 0 Å². The number of likely N-dealkylation sites (N-methyl/N-ethyl adjacent to an activating group) is 1. The second-order valence-corrected chi connectivity index (χ2v) is 5.58. The number of hydrogen-bond acceptors (Lipinski definition) is 2. The maximum atomic E-state index is 12.6. The van der Waals surface area contributed by atoms with E-state index in [1.807, 2.05) is 96.9 Å². The van der Waals surface area contributed by atoms with Gasteiger partial charge >= 0.3 is 0 Å². The van der Waals surface area contributed by atoms with E-state index in [-0.39, 0.29) is 59.7 Å². The van der Waals surface area contributed by atoms with Crippen LogP contribution in [0.1, 0.15) is 52.7 Å². The second kappa shape index (κ2) is 19.6. The van der Waals surface area contributed by atoms with Crippen LogP contribution < -0.4 is 0 Å². The molecule has 0 bridgehead atoms. The molecule has 3 nitrogen and oxygen atoms in total. The Labute approximate surface area is 218 Å². The number of amides is 1. The Balaban J connectivity index is -0.00000106. The summed E-state index contributed by atoms with van der Waals surface area (Å²) in [6, 6.07) is 18.6. The van der Waals surface area contributed by atoms with Gasteiger partial charge in [0.25, 0.3) is 0 Å². The van der Waals surface area contributed by atoms with Crippen LogP contribution in [0.2, 0.25) is 0 Å². The van der Waals surface area contributed by atoms with Crippen molar-refractivity contribution >= 4 is 5.91 Å². The van der Waals surface area contributed by atoms with E-state index < -0.39 is 0 Å². The molecule has 0 aromatic heterocycles. The van der Waals surface area contributed by atoms with E-state index in [4.69, 9.17) is 0 Å². The van der Waals surface area contributed by atoms with Crippen LogP contribution in [-0.2, 0) is 65.0 Å². The van der Waals surface area contributed by atoms with Gasteiger partial charge in [0.15, 0.2) is 0 Å². The number of rotatable bonds is 6. The Kier molecular flexibility index (Phi) is 22.5. The minimum Gasteiger partial charge on any atom is -0.286 e. The first-order valence-electron chi connectivity index (χ1n) is 10.1.